The lowest BCUT2D eigenvalue weighted by atomic mass is 9.86. The maximum Gasteiger partial charge on any atom is 0.325 e. The van der Waals surface area contributed by atoms with Crippen LogP contribution in [0.25, 0.3) is 11.5 Å². The molecule has 0 aliphatic carbocycles. The number of hydrogen-bond donors (Lipinski definition) is 1. The number of fused-ring (bicyclic) bond motifs is 1. The molecule has 0 bridgehead atoms. The van der Waals surface area contributed by atoms with Crippen molar-refractivity contribution in [3.8, 4) is 17.2 Å². The quantitative estimate of drug-likeness (QED) is 0.236. The molecule has 2 atom stereocenters. The van der Waals surface area contributed by atoms with Gasteiger partial charge in [0.15, 0.2) is 0 Å². The van der Waals surface area contributed by atoms with Gasteiger partial charge in [0.25, 0.3) is 0 Å². The molecule has 202 valence electrons. The van der Waals surface area contributed by atoms with Gasteiger partial charge in [0.05, 0.1) is 12.3 Å². The third-order valence-electron chi connectivity index (χ3n) is 7.62. The summed E-state index contributed by atoms with van der Waals surface area (Å²) in [7, 11) is 0. The maximum absolute atomic E-state index is 12.6. The van der Waals surface area contributed by atoms with Crippen molar-refractivity contribution in [2.45, 2.75) is 58.0 Å². The van der Waals surface area contributed by atoms with Gasteiger partial charge in [-0.05, 0) is 80.1 Å². The zero-order valence-corrected chi connectivity index (χ0v) is 22.7. The van der Waals surface area contributed by atoms with E-state index < -0.39 is 12.0 Å². The first-order valence-electron chi connectivity index (χ1n) is 13.8. The molecule has 1 N–H and O–H groups in total. The summed E-state index contributed by atoms with van der Waals surface area (Å²) >= 11 is 0. The predicted octanol–water partition coefficient (Wildman–Crippen LogP) is 6.67. The summed E-state index contributed by atoms with van der Waals surface area (Å²) < 4.78 is 12.0. The number of carbonyl (C=O) groups is 1. The summed E-state index contributed by atoms with van der Waals surface area (Å²) in [4.78, 5) is 19.4. The number of rotatable bonds is 11. The summed E-state index contributed by atoms with van der Waals surface area (Å²) in [6, 6.07) is 25.7. The molecule has 0 spiro atoms. The van der Waals surface area contributed by atoms with Crippen molar-refractivity contribution in [3.63, 3.8) is 0 Å². The largest absolute Gasteiger partial charge is 0.493 e. The van der Waals surface area contributed by atoms with Crippen LogP contribution in [-0.2, 0) is 24.1 Å². The zero-order valence-electron chi connectivity index (χ0n) is 22.7. The molecule has 1 aliphatic heterocycles. The zero-order chi connectivity index (χ0) is 27.2. The van der Waals surface area contributed by atoms with Crippen molar-refractivity contribution < 1.29 is 19.1 Å². The average molecular weight is 525 g/mol. The van der Waals surface area contributed by atoms with E-state index in [1.807, 2.05) is 61.5 Å². The molecule has 0 fully saturated rings. The van der Waals surface area contributed by atoms with Crippen molar-refractivity contribution >= 4 is 5.97 Å². The molecule has 1 unspecified atom stereocenters. The first-order valence-corrected chi connectivity index (χ1v) is 13.8. The van der Waals surface area contributed by atoms with Crippen LogP contribution in [0.15, 0.2) is 83.3 Å². The highest BCUT2D eigenvalue weighted by Gasteiger charge is 2.37. The van der Waals surface area contributed by atoms with E-state index in [-0.39, 0.29) is 6.04 Å². The van der Waals surface area contributed by atoms with E-state index in [2.05, 4.69) is 41.1 Å². The van der Waals surface area contributed by atoms with Crippen molar-refractivity contribution in [3.05, 3.63) is 107 Å². The normalized spacial score (nSPS) is 17.1. The van der Waals surface area contributed by atoms with Crippen LogP contribution >= 0.6 is 0 Å². The van der Waals surface area contributed by atoms with Crippen LogP contribution in [0.1, 0.15) is 54.0 Å². The monoisotopic (exact) mass is 524 g/mol. The predicted molar refractivity (Wildman–Crippen MR) is 152 cm³/mol. The number of carboxylic acids is 1. The summed E-state index contributed by atoms with van der Waals surface area (Å²) in [6.07, 6.45) is 4.21. The third kappa shape index (κ3) is 6.23. The Hall–Kier alpha value is -3.90. The summed E-state index contributed by atoms with van der Waals surface area (Å²) in [5.74, 6) is 1.27. The number of nitrogens with zero attached hydrogens (tertiary/aromatic N) is 2. The van der Waals surface area contributed by atoms with Gasteiger partial charge in [-0.2, -0.15) is 0 Å². The topological polar surface area (TPSA) is 75.8 Å². The lowest BCUT2D eigenvalue weighted by molar-refractivity contribution is -0.145. The van der Waals surface area contributed by atoms with Crippen LogP contribution in [0.4, 0.5) is 0 Å². The number of ether oxygens (including phenoxy) is 1. The van der Waals surface area contributed by atoms with Crippen molar-refractivity contribution in [1.82, 2.24) is 9.88 Å². The van der Waals surface area contributed by atoms with Crippen molar-refractivity contribution in [2.24, 2.45) is 0 Å². The molecule has 4 aromatic rings. The molecule has 0 radical (unpaired) electrons. The maximum atomic E-state index is 12.6. The molecule has 0 saturated carbocycles. The minimum Gasteiger partial charge on any atom is -0.493 e. The highest BCUT2D eigenvalue weighted by molar-refractivity contribution is 5.77. The Balaban J connectivity index is 1.27. The van der Waals surface area contributed by atoms with E-state index in [1.54, 1.807) is 0 Å². The Kier molecular flexibility index (Phi) is 8.42. The number of aromatic nitrogens is 1. The number of oxazole rings is 1. The lowest BCUT2D eigenvalue weighted by Gasteiger charge is -2.41. The van der Waals surface area contributed by atoms with E-state index in [9.17, 15) is 9.90 Å². The first-order chi connectivity index (χ1) is 19.0. The van der Waals surface area contributed by atoms with Gasteiger partial charge >= 0.3 is 5.97 Å². The molecule has 0 amide bonds. The lowest BCUT2D eigenvalue weighted by Crippen LogP contribution is -2.47. The number of carboxylic acid groups (broad SMARTS) is 1. The standard InChI is InChI=1S/C33H36N2O4/c1-3-27-21-26-16-17-28(38-20-18-30-23(2)39-32(34-30)25-14-8-5-9-15-25)22-29(26)31(33(36)37)35(27)19-10-13-24-11-6-4-7-12-24/h4-9,11-12,14-17,22,27,31H,3,10,13,18-21H2,1-2H3,(H,36,37)/t27-,31?/m0/s1. The number of benzene rings is 3. The van der Waals surface area contributed by atoms with Crippen LogP contribution in [0, 0.1) is 6.92 Å². The Morgan fingerprint density at radius 2 is 1.79 bits per heavy atom. The van der Waals surface area contributed by atoms with Gasteiger partial charge in [0.2, 0.25) is 5.89 Å². The highest BCUT2D eigenvalue weighted by atomic mass is 16.5. The number of hydrogen-bond acceptors (Lipinski definition) is 5. The van der Waals surface area contributed by atoms with E-state index in [0.717, 1.165) is 60.4 Å². The second-order valence-electron chi connectivity index (χ2n) is 10.2. The minimum absolute atomic E-state index is 0.204. The number of aryl methyl sites for hydroxylation is 2. The molecular formula is C33H36N2O4. The highest BCUT2D eigenvalue weighted by Crippen LogP contribution is 2.37. The molecule has 39 heavy (non-hydrogen) atoms. The molecule has 1 aromatic heterocycles. The SMILES string of the molecule is CC[C@H]1Cc2ccc(OCCc3nc(-c4ccccc4)oc3C)cc2C(C(=O)O)N1CCCc1ccccc1. The molecule has 6 heteroatoms. The molecule has 6 nitrogen and oxygen atoms in total. The van der Waals surface area contributed by atoms with Crippen LogP contribution in [0.3, 0.4) is 0 Å². The first kappa shape index (κ1) is 26.7. The molecule has 5 rings (SSSR count). The second kappa shape index (κ2) is 12.3. The minimum atomic E-state index is -0.807. The fourth-order valence-electron chi connectivity index (χ4n) is 5.57. The fourth-order valence-corrected chi connectivity index (χ4v) is 5.57. The van der Waals surface area contributed by atoms with Gasteiger partial charge in [0, 0.05) is 18.0 Å². The Morgan fingerprint density at radius 3 is 2.51 bits per heavy atom. The Labute approximate surface area is 230 Å². The molecule has 1 aliphatic rings. The van der Waals surface area contributed by atoms with Crippen LogP contribution in [-0.4, -0.2) is 40.2 Å². The average Bonchev–Trinajstić information content (AvgIpc) is 3.33. The third-order valence-corrected chi connectivity index (χ3v) is 7.62. The smallest absolute Gasteiger partial charge is 0.325 e. The Bertz CT molecular complexity index is 1380. The van der Waals surface area contributed by atoms with E-state index in [0.29, 0.717) is 24.7 Å². The van der Waals surface area contributed by atoms with Crippen LogP contribution < -0.4 is 4.74 Å². The van der Waals surface area contributed by atoms with E-state index in [4.69, 9.17) is 9.15 Å². The van der Waals surface area contributed by atoms with E-state index >= 15 is 0 Å². The summed E-state index contributed by atoms with van der Waals surface area (Å²) in [5.41, 5.74) is 5.03. The Morgan fingerprint density at radius 1 is 1.05 bits per heavy atom. The van der Waals surface area contributed by atoms with Gasteiger partial charge in [-0.3, -0.25) is 9.69 Å². The summed E-state index contributed by atoms with van der Waals surface area (Å²) in [6.45, 7) is 5.23. The molecule has 3 aromatic carbocycles. The van der Waals surface area contributed by atoms with Gasteiger partial charge in [-0.15, -0.1) is 0 Å². The van der Waals surface area contributed by atoms with Crippen LogP contribution in [0.5, 0.6) is 5.75 Å². The van der Waals surface area contributed by atoms with Crippen molar-refractivity contribution in [1.29, 1.82) is 0 Å². The molecule has 2 heterocycles. The van der Waals surface area contributed by atoms with Crippen molar-refractivity contribution in [2.75, 3.05) is 13.2 Å². The summed E-state index contributed by atoms with van der Waals surface area (Å²) in [5, 5.41) is 10.3. The van der Waals surface area contributed by atoms with Gasteiger partial charge < -0.3 is 14.3 Å². The molecule has 0 saturated heterocycles. The second-order valence-corrected chi connectivity index (χ2v) is 10.2. The van der Waals surface area contributed by atoms with Gasteiger partial charge in [-0.1, -0.05) is 61.5 Å². The fraction of sp³-hybridized carbons (Fsp3) is 0.333. The number of aliphatic carboxylic acids is 1. The van der Waals surface area contributed by atoms with Gasteiger partial charge in [-0.25, -0.2) is 4.98 Å². The van der Waals surface area contributed by atoms with Crippen LogP contribution in [0.2, 0.25) is 0 Å². The van der Waals surface area contributed by atoms with E-state index in [1.165, 1.54) is 5.56 Å². The van der Waals surface area contributed by atoms with Gasteiger partial charge in [0.1, 0.15) is 17.6 Å². The molecular weight excluding hydrogens is 488 g/mol.